The second-order valence-electron chi connectivity index (χ2n) is 8.23. The van der Waals surface area contributed by atoms with E-state index in [4.69, 9.17) is 0 Å². The van der Waals surface area contributed by atoms with Gasteiger partial charge in [0.25, 0.3) is 0 Å². The smallest absolute Gasteiger partial charge is 0.244 e. The summed E-state index contributed by atoms with van der Waals surface area (Å²) in [6.45, 7) is 6.36. The molecule has 158 valence electrons. The minimum Gasteiger partial charge on any atom is -0.352 e. The number of amides is 1. The average molecular weight is 419 g/mol. The molecule has 2 fully saturated rings. The highest BCUT2D eigenvalue weighted by Crippen LogP contribution is 2.29. The zero-order valence-electron chi connectivity index (χ0n) is 17.2. The number of nitriles is 1. The van der Waals surface area contributed by atoms with Gasteiger partial charge >= 0.3 is 0 Å². The molecule has 1 saturated heterocycles. The number of hydrogen-bond acceptors (Lipinski definition) is 5. The summed E-state index contributed by atoms with van der Waals surface area (Å²) in [5, 5.41) is 12.4. The standard InChI is InChI=1S/C21H30N4O3S/c1-16-6-5-8-19(17(16)2)23-21(26)15-24-10-12-25(13-11-24)29(27,28)20-9-4-3-7-18(20)14-22/h3-4,7,9,16-17,19H,5-6,8,10-13,15H2,1-2H3,(H,23,26)/t16-,17+,19-/m0/s1. The van der Waals surface area contributed by atoms with Crippen molar-refractivity contribution in [2.45, 2.75) is 44.0 Å². The lowest BCUT2D eigenvalue weighted by Crippen LogP contribution is -2.53. The van der Waals surface area contributed by atoms with Crippen LogP contribution in [0.1, 0.15) is 38.7 Å². The van der Waals surface area contributed by atoms with Crippen molar-refractivity contribution in [1.82, 2.24) is 14.5 Å². The van der Waals surface area contributed by atoms with Crippen molar-refractivity contribution in [3.63, 3.8) is 0 Å². The molecule has 0 bridgehead atoms. The molecule has 8 heteroatoms. The lowest BCUT2D eigenvalue weighted by molar-refractivity contribution is -0.124. The first-order valence-electron chi connectivity index (χ1n) is 10.3. The Kier molecular flexibility index (Phi) is 6.93. The van der Waals surface area contributed by atoms with Gasteiger partial charge < -0.3 is 5.32 Å². The van der Waals surface area contributed by atoms with E-state index in [1.807, 2.05) is 11.0 Å². The Morgan fingerprint density at radius 1 is 1.17 bits per heavy atom. The van der Waals surface area contributed by atoms with Crippen LogP contribution in [0.15, 0.2) is 29.2 Å². The Morgan fingerprint density at radius 3 is 2.55 bits per heavy atom. The maximum atomic E-state index is 12.9. The molecule has 0 radical (unpaired) electrons. The molecule has 1 aromatic carbocycles. The number of nitrogens with zero attached hydrogens (tertiary/aromatic N) is 3. The summed E-state index contributed by atoms with van der Waals surface area (Å²) in [5.41, 5.74) is 0.158. The van der Waals surface area contributed by atoms with E-state index in [9.17, 15) is 18.5 Å². The lowest BCUT2D eigenvalue weighted by Gasteiger charge is -2.36. The molecule has 1 heterocycles. The first-order valence-corrected chi connectivity index (χ1v) is 11.8. The summed E-state index contributed by atoms with van der Waals surface area (Å²) in [4.78, 5) is 14.5. The number of piperazine rings is 1. The molecular formula is C21H30N4O3S. The summed E-state index contributed by atoms with van der Waals surface area (Å²) in [5.74, 6) is 1.12. The predicted octanol–water partition coefficient (Wildman–Crippen LogP) is 1.81. The van der Waals surface area contributed by atoms with E-state index in [-0.39, 0.29) is 22.4 Å². The molecule has 2 aliphatic rings. The molecule has 0 unspecified atom stereocenters. The van der Waals surface area contributed by atoms with Crippen LogP contribution in [0.5, 0.6) is 0 Å². The minimum absolute atomic E-state index is 0.0158. The second kappa shape index (κ2) is 9.24. The Balaban J connectivity index is 1.54. The van der Waals surface area contributed by atoms with E-state index in [1.54, 1.807) is 12.1 Å². The highest BCUT2D eigenvalue weighted by atomic mass is 32.2. The molecular weight excluding hydrogens is 388 g/mol. The Hall–Kier alpha value is -1.95. The molecule has 1 aliphatic heterocycles. The molecule has 7 nitrogen and oxygen atoms in total. The van der Waals surface area contributed by atoms with Crippen LogP contribution in [0, 0.1) is 23.2 Å². The van der Waals surface area contributed by atoms with Gasteiger partial charge in [0.2, 0.25) is 15.9 Å². The van der Waals surface area contributed by atoms with Gasteiger partial charge in [-0.3, -0.25) is 9.69 Å². The fourth-order valence-electron chi connectivity index (χ4n) is 4.29. The first-order chi connectivity index (χ1) is 13.8. The van der Waals surface area contributed by atoms with Crippen LogP contribution in [0.3, 0.4) is 0 Å². The summed E-state index contributed by atoms with van der Waals surface area (Å²) in [6.07, 6.45) is 3.40. The molecule has 0 spiro atoms. The van der Waals surface area contributed by atoms with Crippen molar-refractivity contribution in [3.05, 3.63) is 29.8 Å². The quantitative estimate of drug-likeness (QED) is 0.787. The summed E-state index contributed by atoms with van der Waals surface area (Å²) in [6, 6.07) is 8.45. The summed E-state index contributed by atoms with van der Waals surface area (Å²) in [7, 11) is -3.71. The van der Waals surface area contributed by atoms with Gasteiger partial charge in [-0.2, -0.15) is 9.57 Å². The number of sulfonamides is 1. The molecule has 1 aliphatic carbocycles. The van der Waals surface area contributed by atoms with Gasteiger partial charge in [0.1, 0.15) is 6.07 Å². The summed E-state index contributed by atoms with van der Waals surface area (Å²) >= 11 is 0. The van der Waals surface area contributed by atoms with Gasteiger partial charge in [-0.05, 0) is 30.4 Å². The van der Waals surface area contributed by atoms with Gasteiger partial charge in [0, 0.05) is 32.2 Å². The van der Waals surface area contributed by atoms with Crippen LogP contribution in [0.25, 0.3) is 0 Å². The maximum Gasteiger partial charge on any atom is 0.244 e. The number of hydrogen-bond donors (Lipinski definition) is 1. The minimum atomic E-state index is -3.71. The van der Waals surface area contributed by atoms with Crippen LogP contribution in [0.4, 0.5) is 0 Å². The first kappa shape index (κ1) is 21.8. The van der Waals surface area contributed by atoms with Crippen LogP contribution < -0.4 is 5.32 Å². The SMILES string of the molecule is C[C@H]1[C@@H](NC(=O)CN2CCN(S(=O)(=O)c3ccccc3C#N)CC2)CCC[C@@H]1C. The monoisotopic (exact) mass is 418 g/mol. The third-order valence-corrected chi connectivity index (χ3v) is 8.33. The Labute approximate surface area is 173 Å². The van der Waals surface area contributed by atoms with Crippen molar-refractivity contribution in [2.75, 3.05) is 32.7 Å². The van der Waals surface area contributed by atoms with Crippen LogP contribution in [-0.2, 0) is 14.8 Å². The highest BCUT2D eigenvalue weighted by Gasteiger charge is 2.32. The Morgan fingerprint density at radius 2 is 1.86 bits per heavy atom. The number of benzene rings is 1. The van der Waals surface area contributed by atoms with Crippen molar-refractivity contribution in [1.29, 1.82) is 5.26 Å². The summed E-state index contributed by atoms with van der Waals surface area (Å²) < 4.78 is 27.2. The van der Waals surface area contributed by atoms with E-state index in [0.717, 1.165) is 12.8 Å². The van der Waals surface area contributed by atoms with Gasteiger partial charge in [0.15, 0.2) is 0 Å². The fraction of sp³-hybridized carbons (Fsp3) is 0.619. The van der Waals surface area contributed by atoms with E-state index >= 15 is 0 Å². The zero-order chi connectivity index (χ0) is 21.0. The van der Waals surface area contributed by atoms with Crippen molar-refractivity contribution < 1.29 is 13.2 Å². The van der Waals surface area contributed by atoms with Crippen molar-refractivity contribution >= 4 is 15.9 Å². The zero-order valence-corrected chi connectivity index (χ0v) is 18.0. The average Bonchev–Trinajstić information content (AvgIpc) is 2.71. The van der Waals surface area contributed by atoms with E-state index in [0.29, 0.717) is 44.6 Å². The van der Waals surface area contributed by atoms with Crippen molar-refractivity contribution in [3.8, 4) is 6.07 Å². The molecule has 1 saturated carbocycles. The van der Waals surface area contributed by atoms with Gasteiger partial charge in [-0.25, -0.2) is 8.42 Å². The molecule has 3 atom stereocenters. The molecule has 3 rings (SSSR count). The molecule has 0 aromatic heterocycles. The largest absolute Gasteiger partial charge is 0.352 e. The molecule has 1 N–H and O–H groups in total. The van der Waals surface area contributed by atoms with E-state index in [1.165, 1.54) is 22.9 Å². The number of rotatable bonds is 5. The van der Waals surface area contributed by atoms with Gasteiger partial charge in [0.05, 0.1) is 17.0 Å². The maximum absolute atomic E-state index is 12.9. The molecule has 1 amide bonds. The number of nitrogens with one attached hydrogen (secondary N) is 1. The topological polar surface area (TPSA) is 93.5 Å². The van der Waals surface area contributed by atoms with Crippen LogP contribution in [0.2, 0.25) is 0 Å². The third kappa shape index (κ3) is 4.97. The normalized spacial score (nSPS) is 26.6. The van der Waals surface area contributed by atoms with E-state index in [2.05, 4.69) is 19.2 Å². The van der Waals surface area contributed by atoms with E-state index < -0.39 is 10.0 Å². The molecule has 1 aromatic rings. The van der Waals surface area contributed by atoms with Crippen LogP contribution >= 0.6 is 0 Å². The lowest BCUT2D eigenvalue weighted by atomic mass is 9.78. The highest BCUT2D eigenvalue weighted by molar-refractivity contribution is 7.89. The van der Waals surface area contributed by atoms with Gasteiger partial charge in [-0.1, -0.05) is 38.8 Å². The Bertz CT molecular complexity index is 872. The van der Waals surface area contributed by atoms with Crippen LogP contribution in [-0.4, -0.2) is 62.3 Å². The third-order valence-electron chi connectivity index (χ3n) is 6.38. The molecule has 29 heavy (non-hydrogen) atoms. The number of carbonyl (C=O) groups excluding carboxylic acids is 1. The fourth-order valence-corrected chi connectivity index (χ4v) is 5.86. The number of carbonyl (C=O) groups is 1. The second-order valence-corrected chi connectivity index (χ2v) is 10.1. The predicted molar refractivity (Wildman–Crippen MR) is 110 cm³/mol. The van der Waals surface area contributed by atoms with Gasteiger partial charge in [-0.15, -0.1) is 0 Å². The van der Waals surface area contributed by atoms with Crippen molar-refractivity contribution in [2.24, 2.45) is 11.8 Å².